The number of alkyl halides is 1. The Hall–Kier alpha value is -1.40. The molecule has 0 saturated heterocycles. The number of rotatable bonds is 9. The van der Waals surface area contributed by atoms with Crippen molar-refractivity contribution in [1.82, 2.24) is 4.90 Å². The minimum Gasteiger partial charge on any atom is -0.369 e. The van der Waals surface area contributed by atoms with Gasteiger partial charge in [-0.15, -0.1) is 0 Å². The normalized spacial score (nSPS) is 16.8. The zero-order valence-electron chi connectivity index (χ0n) is 22.7. The van der Waals surface area contributed by atoms with Gasteiger partial charge in [0.15, 0.2) is 0 Å². The summed E-state index contributed by atoms with van der Waals surface area (Å²) in [6, 6.07) is 13.9. The Bertz CT molecular complexity index is 972. The van der Waals surface area contributed by atoms with Crippen LogP contribution in [0.4, 0.5) is 0 Å². The summed E-state index contributed by atoms with van der Waals surface area (Å²) in [6.07, 6.45) is 1.67. The maximum absolute atomic E-state index is 13.5. The second-order valence-electron chi connectivity index (χ2n) is 10.6. The molecular weight excluding hydrogens is 531 g/mol. The lowest BCUT2D eigenvalue weighted by Gasteiger charge is -2.35. The number of nitrogens with zero attached hydrogens (tertiary/aromatic N) is 1. The fourth-order valence-electron chi connectivity index (χ4n) is 5.95. The van der Waals surface area contributed by atoms with Gasteiger partial charge >= 0.3 is 0 Å². The third kappa shape index (κ3) is 5.23. The molecule has 2 N–H and O–H groups in total. The predicted molar refractivity (Wildman–Crippen MR) is 156 cm³/mol. The van der Waals surface area contributed by atoms with Gasteiger partial charge in [0.05, 0.1) is 0 Å². The van der Waals surface area contributed by atoms with E-state index in [9.17, 15) is 4.79 Å². The third-order valence-electron chi connectivity index (χ3n) is 7.30. The molecule has 34 heavy (non-hydrogen) atoms. The molecule has 4 heteroatoms. The van der Waals surface area contributed by atoms with Gasteiger partial charge < -0.3 is 5.73 Å². The second kappa shape index (κ2) is 12.0. The Morgan fingerprint density at radius 1 is 0.882 bits per heavy atom. The molecule has 2 aromatic rings. The Kier molecular flexibility index (Phi) is 10.2. The van der Waals surface area contributed by atoms with Crippen LogP contribution in [-0.2, 0) is 10.2 Å². The first-order valence-corrected chi connectivity index (χ1v) is 14.9. The number of nitrogens with two attached hydrogens (primary N) is 1. The summed E-state index contributed by atoms with van der Waals surface area (Å²) in [7, 11) is 0. The summed E-state index contributed by atoms with van der Waals surface area (Å²) in [5.74, 6) is 0.495. The molecule has 0 bridgehead atoms. The molecule has 3 nitrogen and oxygen atoms in total. The molecule has 1 atom stereocenters. The summed E-state index contributed by atoms with van der Waals surface area (Å²) >= 11 is 2.15. The van der Waals surface area contributed by atoms with E-state index >= 15 is 0 Å². The molecule has 1 unspecified atom stereocenters. The van der Waals surface area contributed by atoms with Crippen molar-refractivity contribution in [2.45, 2.75) is 97.6 Å². The van der Waals surface area contributed by atoms with Gasteiger partial charge in [0.25, 0.3) is 0 Å². The first-order chi connectivity index (χ1) is 16.0. The number of primary amides is 1. The molecule has 0 aromatic heterocycles. The lowest BCUT2D eigenvalue weighted by Crippen LogP contribution is -2.43. The zero-order valence-corrected chi connectivity index (χ0v) is 24.9. The summed E-state index contributed by atoms with van der Waals surface area (Å²) in [4.78, 5) is 17.9. The second-order valence-corrected chi connectivity index (χ2v) is 10.6. The van der Waals surface area contributed by atoms with E-state index in [0.29, 0.717) is 23.9 Å². The minimum absolute atomic E-state index is 0.216. The van der Waals surface area contributed by atoms with Gasteiger partial charge in [0, 0.05) is 12.1 Å². The Labute approximate surface area is 222 Å². The highest BCUT2D eigenvalue weighted by Gasteiger charge is 2.49. The molecule has 1 aliphatic rings. The summed E-state index contributed by atoms with van der Waals surface area (Å²) in [5, 5.41) is 0. The molecule has 2 aromatic carbocycles. The lowest BCUT2D eigenvalue weighted by atomic mass is 9.69. The molecule has 0 heterocycles. The van der Waals surface area contributed by atoms with Gasteiger partial charge in [-0.1, -0.05) is 86.7 Å². The maximum Gasteiger partial charge on any atom is 0.232 e. The van der Waals surface area contributed by atoms with Crippen LogP contribution in [0.25, 0.3) is 11.1 Å². The third-order valence-corrected chi connectivity index (χ3v) is 7.30. The van der Waals surface area contributed by atoms with Gasteiger partial charge in [-0.3, -0.25) is 9.69 Å². The number of carbonyl (C=O) groups excluding carboxylic acids is 1. The smallest absolute Gasteiger partial charge is 0.232 e. The van der Waals surface area contributed by atoms with Crippen molar-refractivity contribution in [1.29, 1.82) is 0 Å². The van der Waals surface area contributed by atoms with E-state index in [1.807, 2.05) is 4.93 Å². The molecule has 0 saturated carbocycles. The van der Waals surface area contributed by atoms with Crippen LogP contribution >= 0.6 is 22.6 Å². The zero-order chi connectivity index (χ0) is 25.8. The summed E-state index contributed by atoms with van der Waals surface area (Å²) in [6.45, 7) is 18.9. The van der Waals surface area contributed by atoms with E-state index in [1.165, 1.54) is 27.8 Å². The predicted octanol–water partition coefficient (Wildman–Crippen LogP) is 7.64. The SMILES string of the molecule is CC(C)c1ccc2c(c1C(C)C)C(CCCN(C(C)C)C(C)C)(C(N)=O)c1ccccc1-2.CI. The molecule has 0 aliphatic heterocycles. The standard InChI is InChI=1S/C29H42N2O.CH3I/c1-18(2)22-14-15-24-23-12-9-10-13-25(23)29(28(30)32,27(24)26(22)19(3)4)16-11-17-31(20(5)6)21(7)8;1-2/h9-10,12-15,18-21H,11,16-17H2,1-8H3,(H2,30,32);1H3. The van der Waals surface area contributed by atoms with E-state index in [1.54, 1.807) is 0 Å². The van der Waals surface area contributed by atoms with Crippen molar-refractivity contribution < 1.29 is 4.79 Å². The highest BCUT2D eigenvalue weighted by Crippen LogP contribution is 2.54. The number of amides is 1. The highest BCUT2D eigenvalue weighted by atomic mass is 127. The van der Waals surface area contributed by atoms with Gasteiger partial charge in [0.1, 0.15) is 5.41 Å². The van der Waals surface area contributed by atoms with Crippen LogP contribution in [0.1, 0.15) is 102 Å². The van der Waals surface area contributed by atoms with Crippen LogP contribution in [0.3, 0.4) is 0 Å². The Balaban J connectivity index is 0.00000199. The fraction of sp³-hybridized carbons (Fsp3) is 0.567. The molecule has 3 rings (SSSR count). The molecular formula is C30H45IN2O. The van der Waals surface area contributed by atoms with E-state index in [4.69, 9.17) is 5.73 Å². The van der Waals surface area contributed by atoms with Crippen LogP contribution in [0.2, 0.25) is 0 Å². The van der Waals surface area contributed by atoms with E-state index < -0.39 is 5.41 Å². The first-order valence-electron chi connectivity index (χ1n) is 12.7. The van der Waals surface area contributed by atoms with E-state index in [-0.39, 0.29) is 5.91 Å². The number of hydrogen-bond donors (Lipinski definition) is 1. The van der Waals surface area contributed by atoms with Gasteiger partial charge in [-0.2, -0.15) is 0 Å². The molecule has 1 aliphatic carbocycles. The van der Waals surface area contributed by atoms with Gasteiger partial charge in [-0.25, -0.2) is 0 Å². The van der Waals surface area contributed by atoms with Crippen LogP contribution in [0, 0.1) is 0 Å². The van der Waals surface area contributed by atoms with Crippen molar-refractivity contribution in [3.8, 4) is 11.1 Å². The number of benzene rings is 2. The van der Waals surface area contributed by atoms with E-state index in [0.717, 1.165) is 24.9 Å². The topological polar surface area (TPSA) is 46.3 Å². The monoisotopic (exact) mass is 576 g/mol. The number of hydrogen-bond acceptors (Lipinski definition) is 2. The molecule has 0 fully saturated rings. The molecule has 0 radical (unpaired) electrons. The number of fused-ring (bicyclic) bond motifs is 3. The van der Waals surface area contributed by atoms with E-state index in [2.05, 4.69) is 119 Å². The minimum atomic E-state index is -0.768. The largest absolute Gasteiger partial charge is 0.369 e. The average molecular weight is 577 g/mol. The van der Waals surface area contributed by atoms with Crippen LogP contribution in [-0.4, -0.2) is 34.4 Å². The quantitative estimate of drug-likeness (QED) is 0.246. The average Bonchev–Trinajstić information content (AvgIpc) is 3.07. The van der Waals surface area contributed by atoms with Crippen molar-refractivity contribution in [2.24, 2.45) is 5.73 Å². The van der Waals surface area contributed by atoms with Crippen molar-refractivity contribution >= 4 is 28.5 Å². The van der Waals surface area contributed by atoms with Gasteiger partial charge in [-0.05, 0) is 97.2 Å². The Morgan fingerprint density at radius 3 is 1.97 bits per heavy atom. The van der Waals surface area contributed by atoms with Crippen LogP contribution in [0.5, 0.6) is 0 Å². The first kappa shape index (κ1) is 28.8. The summed E-state index contributed by atoms with van der Waals surface area (Å²) < 4.78 is 0. The van der Waals surface area contributed by atoms with Crippen molar-refractivity contribution in [2.75, 3.05) is 11.5 Å². The molecule has 1 amide bonds. The molecule has 188 valence electrons. The molecule has 0 spiro atoms. The van der Waals surface area contributed by atoms with Crippen LogP contribution < -0.4 is 5.73 Å². The maximum atomic E-state index is 13.5. The number of halogens is 1. The highest BCUT2D eigenvalue weighted by molar-refractivity contribution is 14.1. The van der Waals surface area contributed by atoms with Crippen molar-refractivity contribution in [3.63, 3.8) is 0 Å². The van der Waals surface area contributed by atoms with Crippen molar-refractivity contribution in [3.05, 3.63) is 58.7 Å². The fourth-order valence-corrected chi connectivity index (χ4v) is 5.95. The van der Waals surface area contributed by atoms with Gasteiger partial charge in [0.2, 0.25) is 5.91 Å². The summed E-state index contributed by atoms with van der Waals surface area (Å²) in [5.41, 5.74) is 12.9. The Morgan fingerprint density at radius 2 is 1.47 bits per heavy atom. The van der Waals surface area contributed by atoms with Crippen LogP contribution in [0.15, 0.2) is 36.4 Å². The lowest BCUT2D eigenvalue weighted by molar-refractivity contribution is -0.122. The number of carbonyl (C=O) groups is 1.